The Labute approximate surface area is 158 Å². The minimum atomic E-state index is -1.25. The number of carbonyl (C=O) groups excluding carboxylic acids is 1. The molecular formula is C21H24O6. The average Bonchev–Trinajstić information content (AvgIpc) is 2.96. The molecule has 3 rings (SSSR count). The van der Waals surface area contributed by atoms with Gasteiger partial charge in [-0.1, -0.05) is 60.7 Å². The summed E-state index contributed by atoms with van der Waals surface area (Å²) in [5.74, 6) is -0.498. The molecule has 1 aliphatic heterocycles. The van der Waals surface area contributed by atoms with Crippen molar-refractivity contribution >= 4 is 5.97 Å². The fourth-order valence-corrected chi connectivity index (χ4v) is 2.99. The van der Waals surface area contributed by atoms with Gasteiger partial charge >= 0.3 is 5.97 Å². The summed E-state index contributed by atoms with van der Waals surface area (Å²) in [5.41, 5.74) is 2.01. The topological polar surface area (TPSA) is 74.2 Å². The van der Waals surface area contributed by atoms with Crippen molar-refractivity contribution in [2.24, 2.45) is 0 Å². The lowest BCUT2D eigenvalue weighted by Gasteiger charge is -2.23. The van der Waals surface area contributed by atoms with Crippen LogP contribution in [0.25, 0.3) is 0 Å². The van der Waals surface area contributed by atoms with Crippen molar-refractivity contribution in [1.29, 1.82) is 0 Å². The SMILES string of the molecule is CC(=O)O[C@H]1C(O)O[C@H](COCc2ccccc2)[C@H]1OCc1ccccc1. The molecule has 0 saturated carbocycles. The molecule has 6 heteroatoms. The van der Waals surface area contributed by atoms with E-state index in [1.54, 1.807) is 0 Å². The third-order valence-electron chi connectivity index (χ3n) is 4.27. The van der Waals surface area contributed by atoms with Gasteiger partial charge in [0.15, 0.2) is 12.4 Å². The number of carbonyl (C=O) groups is 1. The van der Waals surface area contributed by atoms with Crippen molar-refractivity contribution in [3.63, 3.8) is 0 Å². The average molecular weight is 372 g/mol. The van der Waals surface area contributed by atoms with Gasteiger partial charge in [0.25, 0.3) is 0 Å². The highest BCUT2D eigenvalue weighted by Gasteiger charge is 2.47. The lowest BCUT2D eigenvalue weighted by molar-refractivity contribution is -0.172. The number of aliphatic hydroxyl groups is 1. The van der Waals surface area contributed by atoms with Crippen molar-refractivity contribution in [3.8, 4) is 0 Å². The van der Waals surface area contributed by atoms with E-state index in [2.05, 4.69) is 0 Å². The van der Waals surface area contributed by atoms with E-state index in [0.717, 1.165) is 11.1 Å². The van der Waals surface area contributed by atoms with Gasteiger partial charge in [0.2, 0.25) is 0 Å². The third-order valence-corrected chi connectivity index (χ3v) is 4.27. The number of ether oxygens (including phenoxy) is 4. The molecule has 0 spiro atoms. The first-order valence-electron chi connectivity index (χ1n) is 8.91. The van der Waals surface area contributed by atoms with Gasteiger partial charge in [0.1, 0.15) is 12.2 Å². The molecule has 0 bridgehead atoms. The van der Waals surface area contributed by atoms with Crippen LogP contribution in [0.15, 0.2) is 60.7 Å². The first kappa shape index (κ1) is 19.5. The van der Waals surface area contributed by atoms with Crippen LogP contribution in [-0.2, 0) is 37.0 Å². The van der Waals surface area contributed by atoms with E-state index in [1.807, 2.05) is 60.7 Å². The van der Waals surface area contributed by atoms with E-state index >= 15 is 0 Å². The normalized spacial score (nSPS) is 24.7. The summed E-state index contributed by atoms with van der Waals surface area (Å²) in [7, 11) is 0. The van der Waals surface area contributed by atoms with Gasteiger partial charge in [-0.3, -0.25) is 4.79 Å². The summed E-state index contributed by atoms with van der Waals surface area (Å²) < 4.78 is 22.4. The molecule has 0 amide bonds. The molecule has 2 aromatic rings. The number of esters is 1. The van der Waals surface area contributed by atoms with E-state index in [1.165, 1.54) is 6.92 Å². The summed E-state index contributed by atoms with van der Waals surface area (Å²) in [4.78, 5) is 11.4. The summed E-state index contributed by atoms with van der Waals surface area (Å²) >= 11 is 0. The van der Waals surface area contributed by atoms with Crippen LogP contribution in [0.5, 0.6) is 0 Å². The zero-order chi connectivity index (χ0) is 19.1. The Hall–Kier alpha value is -2.25. The van der Waals surface area contributed by atoms with Crippen LogP contribution in [-0.4, -0.2) is 42.3 Å². The number of hydrogen-bond donors (Lipinski definition) is 1. The molecule has 1 heterocycles. The standard InChI is InChI=1S/C21H24O6/c1-15(22)26-20-19(25-13-17-10-6-3-7-11-17)18(27-21(20)23)14-24-12-16-8-4-2-5-9-16/h2-11,18-21,23H,12-14H2,1H3/t18-,19-,20-,21?/m1/s1. The second-order valence-electron chi connectivity index (χ2n) is 6.40. The molecule has 0 aliphatic carbocycles. The highest BCUT2D eigenvalue weighted by Crippen LogP contribution is 2.27. The van der Waals surface area contributed by atoms with Gasteiger partial charge in [0.05, 0.1) is 19.8 Å². The fraction of sp³-hybridized carbons (Fsp3) is 0.381. The van der Waals surface area contributed by atoms with E-state index in [0.29, 0.717) is 13.2 Å². The Morgan fingerprint density at radius 1 is 0.963 bits per heavy atom. The largest absolute Gasteiger partial charge is 0.454 e. The lowest BCUT2D eigenvalue weighted by Crippen LogP contribution is -2.40. The minimum absolute atomic E-state index is 0.211. The Morgan fingerprint density at radius 3 is 2.15 bits per heavy atom. The van der Waals surface area contributed by atoms with Crippen molar-refractivity contribution in [1.82, 2.24) is 0 Å². The molecule has 1 fully saturated rings. The van der Waals surface area contributed by atoms with Gasteiger partial charge in [-0.2, -0.15) is 0 Å². The Kier molecular flexibility index (Phi) is 6.95. The molecule has 0 aromatic heterocycles. The fourth-order valence-electron chi connectivity index (χ4n) is 2.99. The smallest absolute Gasteiger partial charge is 0.303 e. The van der Waals surface area contributed by atoms with Gasteiger partial charge in [-0.15, -0.1) is 0 Å². The van der Waals surface area contributed by atoms with Crippen molar-refractivity contribution in [3.05, 3.63) is 71.8 Å². The Morgan fingerprint density at radius 2 is 1.56 bits per heavy atom. The first-order chi connectivity index (χ1) is 13.1. The first-order valence-corrected chi connectivity index (χ1v) is 8.91. The van der Waals surface area contributed by atoms with Crippen LogP contribution >= 0.6 is 0 Å². The van der Waals surface area contributed by atoms with Crippen LogP contribution < -0.4 is 0 Å². The number of rotatable bonds is 8. The molecule has 0 radical (unpaired) electrons. The molecule has 4 atom stereocenters. The Bertz CT molecular complexity index is 705. The molecule has 27 heavy (non-hydrogen) atoms. The van der Waals surface area contributed by atoms with Crippen LogP contribution in [0, 0.1) is 0 Å². The number of benzene rings is 2. The van der Waals surface area contributed by atoms with Crippen LogP contribution in [0.2, 0.25) is 0 Å². The lowest BCUT2D eigenvalue weighted by atomic mass is 10.1. The molecule has 2 aromatic carbocycles. The quantitative estimate of drug-likeness (QED) is 0.718. The maximum Gasteiger partial charge on any atom is 0.303 e. The van der Waals surface area contributed by atoms with Gasteiger partial charge in [-0.05, 0) is 11.1 Å². The van der Waals surface area contributed by atoms with Crippen LogP contribution in [0.4, 0.5) is 0 Å². The van der Waals surface area contributed by atoms with Crippen molar-refractivity contribution < 1.29 is 28.8 Å². The van der Waals surface area contributed by atoms with Crippen LogP contribution in [0.1, 0.15) is 18.1 Å². The third kappa shape index (κ3) is 5.61. The maximum absolute atomic E-state index is 11.4. The molecule has 1 saturated heterocycles. The maximum atomic E-state index is 11.4. The van der Waals surface area contributed by atoms with Crippen molar-refractivity contribution in [2.45, 2.75) is 44.7 Å². The van der Waals surface area contributed by atoms with Gasteiger partial charge < -0.3 is 24.1 Å². The highest BCUT2D eigenvalue weighted by molar-refractivity contribution is 5.66. The molecule has 1 unspecified atom stereocenters. The molecule has 144 valence electrons. The second-order valence-corrected chi connectivity index (χ2v) is 6.40. The van der Waals surface area contributed by atoms with E-state index < -0.39 is 30.6 Å². The predicted octanol–water partition coefficient (Wildman–Crippen LogP) is 2.44. The van der Waals surface area contributed by atoms with Gasteiger partial charge in [-0.25, -0.2) is 0 Å². The zero-order valence-electron chi connectivity index (χ0n) is 15.2. The molecule has 1 aliphatic rings. The number of aliphatic hydroxyl groups excluding tert-OH is 1. The minimum Gasteiger partial charge on any atom is -0.454 e. The molecule has 1 N–H and O–H groups in total. The van der Waals surface area contributed by atoms with E-state index in [4.69, 9.17) is 18.9 Å². The van der Waals surface area contributed by atoms with Gasteiger partial charge in [0, 0.05) is 6.92 Å². The van der Waals surface area contributed by atoms with Crippen molar-refractivity contribution in [2.75, 3.05) is 6.61 Å². The summed E-state index contributed by atoms with van der Waals surface area (Å²) in [6, 6.07) is 19.4. The predicted molar refractivity (Wildman–Crippen MR) is 97.6 cm³/mol. The highest BCUT2D eigenvalue weighted by atomic mass is 16.7. The summed E-state index contributed by atoms with van der Waals surface area (Å²) in [6.07, 6.45) is -3.31. The molecule has 6 nitrogen and oxygen atoms in total. The zero-order valence-corrected chi connectivity index (χ0v) is 15.2. The van der Waals surface area contributed by atoms with E-state index in [9.17, 15) is 9.90 Å². The summed E-state index contributed by atoms with van der Waals surface area (Å²) in [5, 5.41) is 10.2. The second kappa shape index (κ2) is 9.62. The van der Waals surface area contributed by atoms with Crippen LogP contribution in [0.3, 0.4) is 0 Å². The number of hydrogen-bond acceptors (Lipinski definition) is 6. The summed E-state index contributed by atoms with van der Waals surface area (Å²) in [6.45, 7) is 2.23. The molecular weight excluding hydrogens is 348 g/mol. The Balaban J connectivity index is 1.61. The van der Waals surface area contributed by atoms with E-state index in [-0.39, 0.29) is 6.61 Å². The monoisotopic (exact) mass is 372 g/mol.